The zero-order chi connectivity index (χ0) is 34.1. The third-order valence-corrected chi connectivity index (χ3v) is 10.8. The van der Waals surface area contributed by atoms with Gasteiger partial charge in [-0.05, 0) is 49.9 Å². The number of ether oxygens (including phenoxy) is 2. The molecule has 3 aromatic rings. The van der Waals surface area contributed by atoms with Gasteiger partial charge in [0.2, 0.25) is 5.91 Å². The van der Waals surface area contributed by atoms with Crippen LogP contribution in [0.15, 0.2) is 56.9 Å². The highest BCUT2D eigenvalue weighted by molar-refractivity contribution is 7.92. The molecule has 4 heterocycles. The van der Waals surface area contributed by atoms with Crippen molar-refractivity contribution >= 4 is 33.5 Å². The molecule has 1 N–H and O–H groups in total. The van der Waals surface area contributed by atoms with Gasteiger partial charge in [0.25, 0.3) is 15.9 Å². The third kappa shape index (κ3) is 6.50. The summed E-state index contributed by atoms with van der Waals surface area (Å²) in [6.45, 7) is 10.1. The lowest BCUT2D eigenvalue weighted by Gasteiger charge is -2.30. The molecule has 0 unspecified atom stereocenters. The first-order chi connectivity index (χ1) is 23.1. The van der Waals surface area contributed by atoms with Crippen molar-refractivity contribution in [3.63, 3.8) is 0 Å². The summed E-state index contributed by atoms with van der Waals surface area (Å²) < 4.78 is 46.2. The van der Waals surface area contributed by atoms with Gasteiger partial charge in [0.05, 0.1) is 43.7 Å². The second kappa shape index (κ2) is 13.8. The molecule has 2 aromatic carbocycles. The maximum atomic E-state index is 14.1. The van der Waals surface area contributed by atoms with Crippen LogP contribution < -0.4 is 4.72 Å². The number of aliphatic imine (C=N–C) groups is 1. The second-order valence-electron chi connectivity index (χ2n) is 12.7. The van der Waals surface area contributed by atoms with Gasteiger partial charge in [-0.3, -0.25) is 24.2 Å². The molecule has 1 atom stereocenters. The van der Waals surface area contributed by atoms with E-state index in [4.69, 9.17) is 19.0 Å². The molecule has 0 bridgehead atoms. The molecule has 0 radical (unpaired) electrons. The summed E-state index contributed by atoms with van der Waals surface area (Å²) in [5, 5.41) is 3.88. The molecule has 1 spiro atoms. The summed E-state index contributed by atoms with van der Waals surface area (Å²) in [5.74, 6) is 1.25. The van der Waals surface area contributed by atoms with Crippen molar-refractivity contribution in [3.8, 4) is 11.1 Å². The van der Waals surface area contributed by atoms with E-state index in [0.29, 0.717) is 68.2 Å². The standard InChI is InChI=1S/C35H43N5O7S/c1-5-7-12-31-36-35(15-16-39(22-35)33(41)27-20-46-21-27)34(42)40(31)18-25-13-14-28(26(17-25)19-45-6-2)29-10-8-9-11-30(29)48(43,44)38-32-23(3)24(4)47-37-32/h8-11,13-14,17,27H,5-7,12,15-16,18-22H2,1-4H3,(H,37,38)/t35-/m1/s1. The van der Waals surface area contributed by atoms with Crippen LogP contribution in [0.2, 0.25) is 0 Å². The van der Waals surface area contributed by atoms with Crippen molar-refractivity contribution in [2.75, 3.05) is 37.6 Å². The Labute approximate surface area is 281 Å². The first-order valence-corrected chi connectivity index (χ1v) is 18.1. The Hall–Kier alpha value is -4.07. The van der Waals surface area contributed by atoms with Crippen molar-refractivity contribution in [2.45, 2.75) is 77.0 Å². The molecular weight excluding hydrogens is 634 g/mol. The number of unbranched alkanes of at least 4 members (excludes halogenated alkanes) is 1. The zero-order valence-corrected chi connectivity index (χ0v) is 28.8. The van der Waals surface area contributed by atoms with E-state index in [1.54, 1.807) is 47.9 Å². The molecule has 13 heteroatoms. The minimum Gasteiger partial charge on any atom is -0.380 e. The number of rotatable bonds is 13. The number of likely N-dealkylation sites (tertiary alicyclic amines) is 1. The van der Waals surface area contributed by atoms with Crippen LogP contribution in [0.3, 0.4) is 0 Å². The Morgan fingerprint density at radius 2 is 1.92 bits per heavy atom. The Kier molecular flexibility index (Phi) is 9.73. The normalized spacial score (nSPS) is 19.7. The molecule has 3 aliphatic rings. The molecule has 12 nitrogen and oxygen atoms in total. The average molecular weight is 678 g/mol. The molecule has 2 fully saturated rings. The van der Waals surface area contributed by atoms with E-state index in [0.717, 1.165) is 29.8 Å². The minimum absolute atomic E-state index is 0.0367. The zero-order valence-electron chi connectivity index (χ0n) is 28.0. The first-order valence-electron chi connectivity index (χ1n) is 16.6. The summed E-state index contributed by atoms with van der Waals surface area (Å²) in [7, 11) is -4.03. The van der Waals surface area contributed by atoms with Crippen LogP contribution in [-0.4, -0.2) is 79.5 Å². The summed E-state index contributed by atoms with van der Waals surface area (Å²) in [6, 6.07) is 12.6. The van der Waals surface area contributed by atoms with Crippen molar-refractivity contribution in [1.82, 2.24) is 15.0 Å². The molecular formula is C35H43N5O7S. The maximum Gasteiger partial charge on any atom is 0.263 e. The van der Waals surface area contributed by atoms with Crippen molar-refractivity contribution < 1.29 is 32.0 Å². The molecule has 0 saturated carbocycles. The summed E-state index contributed by atoms with van der Waals surface area (Å²) in [6.07, 6.45) is 3.02. The van der Waals surface area contributed by atoms with Gasteiger partial charge in [-0.15, -0.1) is 0 Å². The number of carbonyl (C=O) groups is 2. The topological polar surface area (TPSA) is 144 Å². The largest absolute Gasteiger partial charge is 0.380 e. The number of anilines is 1. The lowest BCUT2D eigenvalue weighted by molar-refractivity contribution is -0.149. The summed E-state index contributed by atoms with van der Waals surface area (Å²) >= 11 is 0. The van der Waals surface area contributed by atoms with Crippen LogP contribution in [0.4, 0.5) is 5.82 Å². The van der Waals surface area contributed by atoms with Gasteiger partial charge < -0.3 is 18.9 Å². The van der Waals surface area contributed by atoms with Gasteiger partial charge in [0.1, 0.15) is 11.6 Å². The van der Waals surface area contributed by atoms with Gasteiger partial charge in [-0.25, -0.2) is 8.42 Å². The van der Waals surface area contributed by atoms with E-state index in [2.05, 4.69) is 16.8 Å². The monoisotopic (exact) mass is 677 g/mol. The molecule has 0 aliphatic carbocycles. The van der Waals surface area contributed by atoms with Gasteiger partial charge in [0.15, 0.2) is 11.4 Å². The van der Waals surface area contributed by atoms with E-state index in [1.165, 1.54) is 0 Å². The van der Waals surface area contributed by atoms with Crippen molar-refractivity contribution in [2.24, 2.45) is 10.9 Å². The lowest BCUT2D eigenvalue weighted by Crippen LogP contribution is -2.48. The van der Waals surface area contributed by atoms with E-state index in [1.807, 2.05) is 25.1 Å². The fourth-order valence-electron chi connectivity index (χ4n) is 6.44. The van der Waals surface area contributed by atoms with Crippen LogP contribution >= 0.6 is 0 Å². The number of nitrogens with zero attached hydrogens (tertiary/aromatic N) is 4. The Balaban J connectivity index is 1.29. The Morgan fingerprint density at radius 3 is 2.60 bits per heavy atom. The number of benzene rings is 2. The fourth-order valence-corrected chi connectivity index (χ4v) is 7.72. The summed E-state index contributed by atoms with van der Waals surface area (Å²) in [4.78, 5) is 35.8. The van der Waals surface area contributed by atoms with E-state index >= 15 is 0 Å². The predicted octanol–water partition coefficient (Wildman–Crippen LogP) is 4.84. The molecule has 3 aliphatic heterocycles. The minimum atomic E-state index is -4.03. The number of nitrogens with one attached hydrogen (secondary N) is 1. The van der Waals surface area contributed by atoms with E-state index < -0.39 is 15.6 Å². The predicted molar refractivity (Wildman–Crippen MR) is 180 cm³/mol. The Bertz CT molecular complexity index is 1830. The molecule has 48 heavy (non-hydrogen) atoms. The van der Waals surface area contributed by atoms with Gasteiger partial charge >= 0.3 is 0 Å². The van der Waals surface area contributed by atoms with Crippen LogP contribution in [0.1, 0.15) is 62.0 Å². The average Bonchev–Trinajstić information content (AvgIpc) is 3.70. The highest BCUT2D eigenvalue weighted by Crippen LogP contribution is 2.37. The molecule has 2 amide bonds. The van der Waals surface area contributed by atoms with Crippen LogP contribution in [0, 0.1) is 19.8 Å². The molecule has 1 aromatic heterocycles. The third-order valence-electron chi connectivity index (χ3n) is 9.43. The lowest BCUT2D eigenvalue weighted by atomic mass is 9.96. The molecule has 256 valence electrons. The Morgan fingerprint density at radius 1 is 1.12 bits per heavy atom. The highest BCUT2D eigenvalue weighted by Gasteiger charge is 2.53. The van der Waals surface area contributed by atoms with E-state index in [-0.39, 0.29) is 41.6 Å². The number of hydrogen-bond donors (Lipinski definition) is 1. The van der Waals surface area contributed by atoms with Crippen molar-refractivity contribution in [3.05, 3.63) is 64.9 Å². The first kappa shape index (κ1) is 33.8. The van der Waals surface area contributed by atoms with Crippen LogP contribution in [0.5, 0.6) is 0 Å². The SMILES string of the molecule is CCCCC1=N[C@@]2(CCN(C(=O)C3COC3)C2)C(=O)N1Cc1ccc(-c2ccccc2S(=O)(=O)Nc2noc(C)c2C)c(COCC)c1. The number of amides is 2. The van der Waals surface area contributed by atoms with Crippen molar-refractivity contribution in [1.29, 1.82) is 0 Å². The summed E-state index contributed by atoms with van der Waals surface area (Å²) in [5.41, 5.74) is 2.53. The number of carbonyl (C=O) groups excluding carboxylic acids is 2. The van der Waals surface area contributed by atoms with E-state index in [9.17, 15) is 18.0 Å². The van der Waals surface area contributed by atoms with Crippen LogP contribution in [0.25, 0.3) is 11.1 Å². The quantitative estimate of drug-likeness (QED) is 0.271. The number of aromatic nitrogens is 1. The highest BCUT2D eigenvalue weighted by atomic mass is 32.2. The second-order valence-corrected chi connectivity index (χ2v) is 14.4. The number of amidine groups is 1. The maximum absolute atomic E-state index is 14.1. The number of sulfonamides is 1. The van der Waals surface area contributed by atoms with Gasteiger partial charge in [-0.1, -0.05) is 54.9 Å². The molecule has 2 saturated heterocycles. The molecule has 6 rings (SSSR count). The number of aryl methyl sites for hydroxylation is 1. The van der Waals surface area contributed by atoms with Crippen LogP contribution in [-0.2, 0) is 42.2 Å². The smallest absolute Gasteiger partial charge is 0.263 e. The van der Waals surface area contributed by atoms with Gasteiger partial charge in [0, 0.05) is 37.1 Å². The fraction of sp³-hybridized carbons (Fsp3) is 0.486. The van der Waals surface area contributed by atoms with Gasteiger partial charge in [-0.2, -0.15) is 0 Å². The number of hydrogen-bond acceptors (Lipinski definition) is 9.